The Morgan fingerprint density at radius 3 is 2.67 bits per heavy atom. The first kappa shape index (κ1) is 19.4. The molecule has 0 unspecified atom stereocenters. The number of hydrogen-bond donors (Lipinski definition) is 1. The molecule has 1 N–H and O–H groups in total. The second kappa shape index (κ2) is 8.29. The molecule has 8 heteroatoms. The molecule has 7 nitrogen and oxygen atoms in total. The van der Waals surface area contributed by atoms with Crippen molar-refractivity contribution >= 4 is 38.6 Å². The van der Waals surface area contributed by atoms with Crippen molar-refractivity contribution in [2.75, 3.05) is 32.8 Å². The van der Waals surface area contributed by atoms with Crippen molar-refractivity contribution in [1.29, 1.82) is 0 Å². The third kappa shape index (κ3) is 3.90. The molecule has 0 radical (unpaired) electrons. The molecule has 0 bridgehead atoms. The predicted molar refractivity (Wildman–Crippen MR) is 118 cm³/mol. The van der Waals surface area contributed by atoms with Crippen LogP contribution in [0, 0.1) is 0 Å². The summed E-state index contributed by atoms with van der Waals surface area (Å²) < 4.78 is 6.42. The van der Waals surface area contributed by atoms with Gasteiger partial charge in [-0.25, -0.2) is 9.99 Å². The van der Waals surface area contributed by atoms with Crippen LogP contribution in [0.1, 0.15) is 23.9 Å². The Kier molecular flexibility index (Phi) is 5.37. The molecule has 30 heavy (non-hydrogen) atoms. The number of carbonyl (C=O) groups is 1. The maximum Gasteiger partial charge on any atom is 0.257 e. The highest BCUT2D eigenvalue weighted by atomic mass is 79.9. The maximum absolute atomic E-state index is 13.2. The molecule has 154 valence electrons. The van der Waals surface area contributed by atoms with E-state index in [9.17, 15) is 4.79 Å². The molecule has 2 aliphatic heterocycles. The molecule has 1 aromatic heterocycles. The van der Waals surface area contributed by atoms with Crippen LogP contribution in [0.4, 0.5) is 0 Å². The first-order valence-corrected chi connectivity index (χ1v) is 10.9. The zero-order valence-corrected chi connectivity index (χ0v) is 18.0. The van der Waals surface area contributed by atoms with Crippen LogP contribution in [-0.4, -0.2) is 64.3 Å². The monoisotopic (exact) mass is 467 g/mol. The minimum absolute atomic E-state index is 0.0190. The van der Waals surface area contributed by atoms with Crippen molar-refractivity contribution in [3.8, 4) is 0 Å². The van der Waals surface area contributed by atoms with Crippen molar-refractivity contribution in [3.63, 3.8) is 0 Å². The van der Waals surface area contributed by atoms with Gasteiger partial charge in [-0.2, -0.15) is 5.10 Å². The van der Waals surface area contributed by atoms with E-state index in [2.05, 4.69) is 25.8 Å². The maximum atomic E-state index is 13.2. The molecule has 1 fully saturated rings. The largest absolute Gasteiger partial charge is 0.379 e. The van der Waals surface area contributed by atoms with Gasteiger partial charge in [0.15, 0.2) is 0 Å². The van der Waals surface area contributed by atoms with Crippen molar-refractivity contribution < 1.29 is 9.53 Å². The number of imidazole rings is 1. The number of benzene rings is 2. The van der Waals surface area contributed by atoms with Crippen LogP contribution < -0.4 is 0 Å². The molecular formula is C22H22BrN5O2. The summed E-state index contributed by atoms with van der Waals surface area (Å²) in [5.41, 5.74) is 3.76. The van der Waals surface area contributed by atoms with Crippen LogP contribution in [0.3, 0.4) is 0 Å². The van der Waals surface area contributed by atoms with Gasteiger partial charge in [0.1, 0.15) is 11.9 Å². The van der Waals surface area contributed by atoms with Gasteiger partial charge < -0.3 is 9.72 Å². The Morgan fingerprint density at radius 1 is 1.13 bits per heavy atom. The average Bonchev–Trinajstić information content (AvgIpc) is 3.39. The molecular weight excluding hydrogens is 446 g/mol. The number of carbonyl (C=O) groups excluding carboxylic acids is 1. The molecule has 0 aliphatic carbocycles. The summed E-state index contributed by atoms with van der Waals surface area (Å²) in [4.78, 5) is 23.5. The number of rotatable bonds is 4. The number of nitrogens with zero attached hydrogens (tertiary/aromatic N) is 4. The number of hydrogen-bond acceptors (Lipinski definition) is 5. The van der Waals surface area contributed by atoms with Gasteiger partial charge in [-0.05, 0) is 29.8 Å². The minimum atomic E-state index is -0.246. The van der Waals surface area contributed by atoms with Crippen LogP contribution in [0.25, 0.3) is 11.0 Å². The number of aromatic nitrogens is 2. The molecule has 3 aromatic rings. The fraction of sp³-hybridized carbons (Fsp3) is 0.318. The van der Waals surface area contributed by atoms with E-state index in [0.29, 0.717) is 26.2 Å². The van der Waals surface area contributed by atoms with Gasteiger partial charge in [0.25, 0.3) is 5.91 Å². The molecule has 1 saturated heterocycles. The van der Waals surface area contributed by atoms with E-state index in [1.165, 1.54) is 0 Å². The van der Waals surface area contributed by atoms with Gasteiger partial charge in [-0.1, -0.05) is 40.2 Å². The van der Waals surface area contributed by atoms with Gasteiger partial charge in [-0.15, -0.1) is 0 Å². The highest BCUT2D eigenvalue weighted by Gasteiger charge is 2.35. The Bertz CT molecular complexity index is 1060. The van der Waals surface area contributed by atoms with E-state index in [4.69, 9.17) is 14.8 Å². The topological polar surface area (TPSA) is 73.8 Å². The van der Waals surface area contributed by atoms with Crippen molar-refractivity contribution in [3.05, 3.63) is 64.4 Å². The Labute approximate surface area is 182 Å². The van der Waals surface area contributed by atoms with Crippen molar-refractivity contribution in [1.82, 2.24) is 19.9 Å². The lowest BCUT2D eigenvalue weighted by Crippen LogP contribution is -2.43. The summed E-state index contributed by atoms with van der Waals surface area (Å²) in [5.74, 6) is 0.747. The number of para-hydroxylation sites is 2. The number of amides is 1. The normalized spacial score (nSPS) is 20.0. The second-order valence-corrected chi connectivity index (χ2v) is 8.46. The number of halogens is 1. The third-order valence-electron chi connectivity index (χ3n) is 5.53. The first-order chi connectivity index (χ1) is 14.7. The molecule has 5 rings (SSSR count). The number of H-pyrrole nitrogens is 1. The van der Waals surface area contributed by atoms with Gasteiger partial charge >= 0.3 is 0 Å². The molecule has 0 spiro atoms. The fourth-order valence-electron chi connectivity index (χ4n) is 3.92. The lowest BCUT2D eigenvalue weighted by atomic mass is 10.0. The first-order valence-electron chi connectivity index (χ1n) is 10.1. The van der Waals surface area contributed by atoms with Gasteiger partial charge in [0.2, 0.25) is 0 Å². The number of fused-ring (bicyclic) bond motifs is 1. The third-order valence-corrected chi connectivity index (χ3v) is 6.06. The molecule has 1 amide bonds. The summed E-state index contributed by atoms with van der Waals surface area (Å²) in [5, 5.41) is 6.36. The molecule has 3 heterocycles. The van der Waals surface area contributed by atoms with Crippen molar-refractivity contribution in [2.45, 2.75) is 12.5 Å². The zero-order valence-electron chi connectivity index (χ0n) is 16.4. The summed E-state index contributed by atoms with van der Waals surface area (Å²) >= 11 is 3.48. The number of nitrogens with one attached hydrogen (secondary N) is 1. The number of ether oxygens (including phenoxy) is 1. The Hall–Kier alpha value is -2.55. The number of aromatic amines is 1. The SMILES string of the molecule is O=C(CN1CCOCC1)N1N=C(c2ccc(Br)cc2)C[C@@H]1c1nc2ccccc2[nH]1. The van der Waals surface area contributed by atoms with Crippen LogP contribution >= 0.6 is 15.9 Å². The lowest BCUT2D eigenvalue weighted by molar-refractivity contribution is -0.135. The highest BCUT2D eigenvalue weighted by molar-refractivity contribution is 9.10. The van der Waals surface area contributed by atoms with Crippen LogP contribution in [0.15, 0.2) is 58.1 Å². The Balaban J connectivity index is 1.45. The van der Waals surface area contributed by atoms with Gasteiger partial charge in [0, 0.05) is 24.0 Å². The summed E-state index contributed by atoms with van der Waals surface area (Å²) in [6.45, 7) is 3.18. The molecule has 2 aliphatic rings. The minimum Gasteiger partial charge on any atom is -0.379 e. The predicted octanol–water partition coefficient (Wildman–Crippen LogP) is 3.34. The average molecular weight is 468 g/mol. The molecule has 0 saturated carbocycles. The summed E-state index contributed by atoms with van der Waals surface area (Å²) in [6, 6.07) is 15.7. The second-order valence-electron chi connectivity index (χ2n) is 7.54. The standard InChI is InChI=1S/C22H22BrN5O2/c23-16-7-5-15(6-8-16)19-13-20(22-24-17-3-1-2-4-18(17)25-22)28(26-19)21(29)14-27-9-11-30-12-10-27/h1-8,20H,9-14H2,(H,24,25)/t20-/m1/s1. The van der Waals surface area contributed by atoms with Crippen LogP contribution in [0.2, 0.25) is 0 Å². The zero-order chi connectivity index (χ0) is 20.5. The van der Waals surface area contributed by atoms with E-state index >= 15 is 0 Å². The molecule has 1 atom stereocenters. The van der Waals surface area contributed by atoms with E-state index in [1.807, 2.05) is 48.5 Å². The van der Waals surface area contributed by atoms with Crippen molar-refractivity contribution in [2.24, 2.45) is 5.10 Å². The lowest BCUT2D eigenvalue weighted by Gasteiger charge is -2.28. The fourth-order valence-corrected chi connectivity index (χ4v) is 4.19. The quantitative estimate of drug-likeness (QED) is 0.638. The molecule has 2 aromatic carbocycles. The van der Waals surface area contributed by atoms with E-state index in [0.717, 1.165) is 45.7 Å². The van der Waals surface area contributed by atoms with Crippen LogP contribution in [0.5, 0.6) is 0 Å². The summed E-state index contributed by atoms with van der Waals surface area (Å²) in [7, 11) is 0. The van der Waals surface area contributed by atoms with Crippen LogP contribution in [-0.2, 0) is 9.53 Å². The number of morpholine rings is 1. The van der Waals surface area contributed by atoms with E-state index < -0.39 is 0 Å². The van der Waals surface area contributed by atoms with Gasteiger partial charge in [0.05, 0.1) is 36.5 Å². The Morgan fingerprint density at radius 2 is 1.90 bits per heavy atom. The number of hydrazone groups is 1. The smallest absolute Gasteiger partial charge is 0.257 e. The summed E-state index contributed by atoms with van der Waals surface area (Å²) in [6.07, 6.45) is 0.621. The highest BCUT2D eigenvalue weighted by Crippen LogP contribution is 2.32. The van der Waals surface area contributed by atoms with E-state index in [1.54, 1.807) is 5.01 Å². The van der Waals surface area contributed by atoms with E-state index in [-0.39, 0.29) is 11.9 Å². The van der Waals surface area contributed by atoms with Gasteiger partial charge in [-0.3, -0.25) is 9.69 Å².